The van der Waals surface area contributed by atoms with Crippen molar-refractivity contribution in [2.75, 3.05) is 12.3 Å². The molecule has 0 aliphatic heterocycles. The number of hydrogen-bond acceptors (Lipinski definition) is 4. The van der Waals surface area contributed by atoms with Crippen molar-refractivity contribution < 1.29 is 17.2 Å². The molecule has 5 nitrogen and oxygen atoms in total. The van der Waals surface area contributed by atoms with Crippen molar-refractivity contribution in [3.63, 3.8) is 0 Å². The SMILES string of the molecule is Nc1cccnc1S(=O)(=O)NCC(F)F. The highest BCUT2D eigenvalue weighted by atomic mass is 32.2. The third-order valence-corrected chi connectivity index (χ3v) is 2.88. The number of nitrogen functional groups attached to an aromatic ring is 1. The third kappa shape index (κ3) is 3.10. The summed E-state index contributed by atoms with van der Waals surface area (Å²) in [4.78, 5) is 3.51. The maximum Gasteiger partial charge on any atom is 0.260 e. The Hall–Kier alpha value is -1.28. The Balaban J connectivity index is 2.92. The van der Waals surface area contributed by atoms with Gasteiger partial charge < -0.3 is 5.73 Å². The molecule has 1 aromatic heterocycles. The molecule has 0 radical (unpaired) electrons. The van der Waals surface area contributed by atoms with Crippen LogP contribution in [-0.2, 0) is 10.0 Å². The van der Waals surface area contributed by atoms with E-state index in [1.165, 1.54) is 18.3 Å². The van der Waals surface area contributed by atoms with Crippen molar-refractivity contribution in [3.05, 3.63) is 18.3 Å². The number of halogens is 2. The molecule has 0 atom stereocenters. The summed E-state index contributed by atoms with van der Waals surface area (Å²) in [5.41, 5.74) is 5.26. The van der Waals surface area contributed by atoms with Crippen LogP contribution in [0.3, 0.4) is 0 Å². The number of pyridine rings is 1. The van der Waals surface area contributed by atoms with Crippen molar-refractivity contribution in [1.29, 1.82) is 0 Å². The Labute approximate surface area is 85.4 Å². The number of nitrogens with one attached hydrogen (secondary N) is 1. The first kappa shape index (κ1) is 11.8. The molecule has 0 unspecified atom stereocenters. The lowest BCUT2D eigenvalue weighted by Gasteiger charge is -2.06. The van der Waals surface area contributed by atoms with Gasteiger partial charge in [0.05, 0.1) is 12.2 Å². The van der Waals surface area contributed by atoms with E-state index in [-0.39, 0.29) is 5.69 Å². The van der Waals surface area contributed by atoms with Gasteiger partial charge in [0.1, 0.15) is 0 Å². The molecule has 1 aromatic rings. The van der Waals surface area contributed by atoms with Gasteiger partial charge in [-0.15, -0.1) is 0 Å². The van der Waals surface area contributed by atoms with E-state index in [2.05, 4.69) is 4.98 Å². The van der Waals surface area contributed by atoms with E-state index in [0.717, 1.165) is 0 Å². The van der Waals surface area contributed by atoms with Crippen LogP contribution in [0.25, 0.3) is 0 Å². The fraction of sp³-hybridized carbons (Fsp3) is 0.286. The van der Waals surface area contributed by atoms with Gasteiger partial charge in [-0.05, 0) is 12.1 Å². The maximum atomic E-state index is 11.8. The molecule has 0 saturated heterocycles. The molecule has 8 heteroatoms. The van der Waals surface area contributed by atoms with Crippen LogP contribution in [0.2, 0.25) is 0 Å². The van der Waals surface area contributed by atoms with Crippen LogP contribution in [0.1, 0.15) is 0 Å². The Morgan fingerprint density at radius 1 is 1.53 bits per heavy atom. The zero-order chi connectivity index (χ0) is 11.5. The summed E-state index contributed by atoms with van der Waals surface area (Å²) in [6.45, 7) is -0.960. The van der Waals surface area contributed by atoms with E-state index in [0.29, 0.717) is 0 Å². The summed E-state index contributed by atoms with van der Waals surface area (Å²) in [6.07, 6.45) is -1.54. The van der Waals surface area contributed by atoms with Gasteiger partial charge in [0.15, 0.2) is 5.03 Å². The highest BCUT2D eigenvalue weighted by Gasteiger charge is 2.19. The molecule has 0 fully saturated rings. The summed E-state index contributed by atoms with van der Waals surface area (Å²) >= 11 is 0. The average Bonchev–Trinajstić information content (AvgIpc) is 2.15. The van der Waals surface area contributed by atoms with E-state index >= 15 is 0 Å². The molecule has 84 valence electrons. The van der Waals surface area contributed by atoms with Gasteiger partial charge in [-0.1, -0.05) is 0 Å². The van der Waals surface area contributed by atoms with E-state index in [1.807, 2.05) is 0 Å². The number of sulfonamides is 1. The number of hydrogen-bond donors (Lipinski definition) is 2. The largest absolute Gasteiger partial charge is 0.396 e. The maximum absolute atomic E-state index is 11.8. The fourth-order valence-corrected chi connectivity index (χ4v) is 1.93. The van der Waals surface area contributed by atoms with Crippen LogP contribution in [0.4, 0.5) is 14.5 Å². The first-order valence-corrected chi connectivity index (χ1v) is 5.40. The smallest absolute Gasteiger partial charge is 0.260 e. The Kier molecular flexibility index (Phi) is 3.53. The van der Waals surface area contributed by atoms with Crippen molar-refractivity contribution in [2.24, 2.45) is 0 Å². The summed E-state index contributed by atoms with van der Waals surface area (Å²) in [6, 6.07) is 2.77. The van der Waals surface area contributed by atoms with Gasteiger partial charge in [0.2, 0.25) is 0 Å². The second-order valence-electron chi connectivity index (χ2n) is 2.64. The van der Waals surface area contributed by atoms with Crippen molar-refractivity contribution in [2.45, 2.75) is 11.5 Å². The van der Waals surface area contributed by atoms with Crippen LogP contribution in [0.15, 0.2) is 23.4 Å². The molecule has 0 aliphatic rings. The number of nitrogens with zero attached hydrogens (tertiary/aromatic N) is 1. The summed E-state index contributed by atoms with van der Waals surface area (Å²) in [5, 5.41) is -0.439. The van der Waals surface area contributed by atoms with Crippen LogP contribution in [-0.4, -0.2) is 26.4 Å². The Morgan fingerprint density at radius 2 is 2.20 bits per heavy atom. The normalized spacial score (nSPS) is 11.9. The lowest BCUT2D eigenvalue weighted by molar-refractivity contribution is 0.153. The predicted molar refractivity (Wildman–Crippen MR) is 49.8 cm³/mol. The van der Waals surface area contributed by atoms with E-state index in [9.17, 15) is 17.2 Å². The molecule has 0 amide bonds. The minimum atomic E-state index is -4.05. The highest BCUT2D eigenvalue weighted by Crippen LogP contribution is 2.13. The zero-order valence-electron chi connectivity index (χ0n) is 7.52. The van der Waals surface area contributed by atoms with Gasteiger partial charge in [0, 0.05) is 6.20 Å². The van der Waals surface area contributed by atoms with Crippen LogP contribution < -0.4 is 10.5 Å². The molecular weight excluding hydrogens is 228 g/mol. The molecule has 0 aliphatic carbocycles. The molecule has 0 spiro atoms. The van der Waals surface area contributed by atoms with Gasteiger partial charge >= 0.3 is 0 Å². The molecule has 0 saturated carbocycles. The third-order valence-electron chi connectivity index (χ3n) is 1.48. The van der Waals surface area contributed by atoms with Crippen LogP contribution >= 0.6 is 0 Å². The molecule has 1 rings (SSSR count). The first-order valence-electron chi connectivity index (χ1n) is 3.92. The lowest BCUT2D eigenvalue weighted by atomic mass is 10.4. The van der Waals surface area contributed by atoms with Gasteiger partial charge in [-0.25, -0.2) is 26.9 Å². The summed E-state index contributed by atoms with van der Waals surface area (Å²) < 4.78 is 48.0. The monoisotopic (exact) mass is 237 g/mol. The van der Waals surface area contributed by atoms with Crippen LogP contribution in [0, 0.1) is 0 Å². The summed E-state index contributed by atoms with van der Waals surface area (Å²) in [5.74, 6) is 0. The van der Waals surface area contributed by atoms with E-state index < -0.39 is 28.0 Å². The van der Waals surface area contributed by atoms with E-state index in [1.54, 1.807) is 4.72 Å². The number of aromatic nitrogens is 1. The van der Waals surface area contributed by atoms with Crippen molar-refractivity contribution in [3.8, 4) is 0 Å². The van der Waals surface area contributed by atoms with E-state index in [4.69, 9.17) is 5.73 Å². The van der Waals surface area contributed by atoms with Gasteiger partial charge in [-0.3, -0.25) is 0 Å². The minimum absolute atomic E-state index is 0.0840. The molecule has 1 heterocycles. The summed E-state index contributed by atoms with van der Waals surface area (Å²) in [7, 11) is -4.05. The number of rotatable bonds is 4. The van der Waals surface area contributed by atoms with Crippen molar-refractivity contribution >= 4 is 15.7 Å². The average molecular weight is 237 g/mol. The van der Waals surface area contributed by atoms with Crippen LogP contribution in [0.5, 0.6) is 0 Å². The number of alkyl halides is 2. The molecule has 3 N–H and O–H groups in total. The zero-order valence-corrected chi connectivity index (χ0v) is 8.34. The molecule has 0 aromatic carbocycles. The Morgan fingerprint density at radius 3 is 2.73 bits per heavy atom. The standard InChI is InChI=1S/C7H9F2N3O2S/c8-6(9)4-12-15(13,14)7-5(10)2-1-3-11-7/h1-3,6,12H,4,10H2. The van der Waals surface area contributed by atoms with Crippen molar-refractivity contribution in [1.82, 2.24) is 9.71 Å². The minimum Gasteiger partial charge on any atom is -0.396 e. The molecule has 15 heavy (non-hydrogen) atoms. The second-order valence-corrected chi connectivity index (χ2v) is 4.32. The fourth-order valence-electron chi connectivity index (χ4n) is 0.869. The first-order chi connectivity index (χ1) is 6.93. The Bertz CT molecular complexity index is 436. The van der Waals surface area contributed by atoms with Gasteiger partial charge in [0.25, 0.3) is 16.4 Å². The number of anilines is 1. The molecular formula is C7H9F2N3O2S. The topological polar surface area (TPSA) is 85.1 Å². The highest BCUT2D eigenvalue weighted by molar-refractivity contribution is 7.89. The lowest BCUT2D eigenvalue weighted by Crippen LogP contribution is -2.29. The quantitative estimate of drug-likeness (QED) is 0.783. The molecule has 0 bridgehead atoms. The second kappa shape index (κ2) is 4.49. The predicted octanol–water partition coefficient (Wildman–Crippen LogP) is 0.207. The number of nitrogens with two attached hydrogens (primary N) is 1. The van der Waals surface area contributed by atoms with Gasteiger partial charge in [-0.2, -0.15) is 0 Å².